The van der Waals surface area contributed by atoms with Crippen LogP contribution in [0.25, 0.3) is 0 Å². The number of aliphatic carboxylic acids is 1. The number of hydrogen-bond acceptors (Lipinski definition) is 3. The fourth-order valence-electron chi connectivity index (χ4n) is 1.99. The van der Waals surface area contributed by atoms with Crippen LogP contribution in [0.5, 0.6) is 0 Å². The summed E-state index contributed by atoms with van der Waals surface area (Å²) in [4.78, 5) is 18.2. The van der Waals surface area contributed by atoms with Gasteiger partial charge in [-0.3, -0.25) is 5.32 Å². The second kappa shape index (κ2) is 2.81. The van der Waals surface area contributed by atoms with Crippen molar-refractivity contribution in [1.82, 2.24) is 15.3 Å². The Labute approximate surface area is 81.5 Å². The molecule has 3 N–H and O–H groups in total. The zero-order chi connectivity index (χ0) is 10.3. The van der Waals surface area contributed by atoms with Crippen LogP contribution < -0.4 is 5.32 Å². The Morgan fingerprint density at radius 1 is 1.79 bits per heavy atom. The lowest BCUT2D eigenvalue weighted by Crippen LogP contribution is -2.54. The Bertz CT molecular complexity index is 374. The van der Waals surface area contributed by atoms with E-state index in [-0.39, 0.29) is 6.04 Å². The summed E-state index contributed by atoms with van der Waals surface area (Å²) in [6.45, 7) is 3.61. The number of nitrogens with one attached hydrogen (secondary N) is 2. The normalized spacial score (nSPS) is 31.1. The highest BCUT2D eigenvalue weighted by molar-refractivity contribution is 5.80. The van der Waals surface area contributed by atoms with Crippen LogP contribution in [0.4, 0.5) is 0 Å². The molecule has 1 aromatic heterocycles. The molecular formula is C9H13N3O2. The summed E-state index contributed by atoms with van der Waals surface area (Å²) >= 11 is 0. The predicted molar refractivity (Wildman–Crippen MR) is 49.9 cm³/mol. The second-order valence-electron chi connectivity index (χ2n) is 3.91. The van der Waals surface area contributed by atoms with E-state index in [1.165, 1.54) is 0 Å². The number of rotatable bonds is 1. The van der Waals surface area contributed by atoms with Crippen molar-refractivity contribution in [2.75, 3.05) is 0 Å². The van der Waals surface area contributed by atoms with E-state index < -0.39 is 11.5 Å². The molecule has 2 atom stereocenters. The highest BCUT2D eigenvalue weighted by Gasteiger charge is 2.43. The van der Waals surface area contributed by atoms with Gasteiger partial charge in [0.25, 0.3) is 0 Å². The van der Waals surface area contributed by atoms with Crippen LogP contribution in [0.15, 0.2) is 6.33 Å². The van der Waals surface area contributed by atoms with Gasteiger partial charge in [-0.05, 0) is 13.8 Å². The lowest BCUT2D eigenvalue weighted by Gasteiger charge is -2.33. The summed E-state index contributed by atoms with van der Waals surface area (Å²) in [5, 5.41) is 12.2. The smallest absolute Gasteiger partial charge is 0.329 e. The molecule has 76 valence electrons. The molecule has 0 saturated carbocycles. The molecule has 0 saturated heterocycles. The molecule has 0 fully saturated rings. The van der Waals surface area contributed by atoms with E-state index >= 15 is 0 Å². The Balaban J connectivity index is 2.51. The molecule has 0 unspecified atom stereocenters. The monoisotopic (exact) mass is 195 g/mol. The number of fused-ring (bicyclic) bond motifs is 1. The van der Waals surface area contributed by atoms with Gasteiger partial charge in [0.1, 0.15) is 0 Å². The van der Waals surface area contributed by atoms with Gasteiger partial charge in [0.2, 0.25) is 0 Å². The van der Waals surface area contributed by atoms with Gasteiger partial charge in [0, 0.05) is 18.2 Å². The molecule has 5 heteroatoms. The van der Waals surface area contributed by atoms with Gasteiger partial charge in [-0.15, -0.1) is 0 Å². The van der Waals surface area contributed by atoms with Gasteiger partial charge in [-0.25, -0.2) is 9.78 Å². The summed E-state index contributed by atoms with van der Waals surface area (Å²) < 4.78 is 0. The van der Waals surface area contributed by atoms with E-state index in [1.807, 2.05) is 6.92 Å². The van der Waals surface area contributed by atoms with Crippen LogP contribution in [-0.2, 0) is 16.8 Å². The average Bonchev–Trinajstić information content (AvgIpc) is 2.51. The molecule has 0 amide bonds. The number of carboxylic acid groups (broad SMARTS) is 1. The quantitative estimate of drug-likeness (QED) is 0.600. The number of hydrogen-bond donors (Lipinski definition) is 3. The van der Waals surface area contributed by atoms with Gasteiger partial charge in [0.15, 0.2) is 5.54 Å². The van der Waals surface area contributed by atoms with Crippen LogP contribution in [0.3, 0.4) is 0 Å². The Morgan fingerprint density at radius 2 is 2.50 bits per heavy atom. The molecule has 1 aromatic rings. The lowest BCUT2D eigenvalue weighted by atomic mass is 9.89. The van der Waals surface area contributed by atoms with Crippen molar-refractivity contribution >= 4 is 5.97 Å². The van der Waals surface area contributed by atoms with E-state index in [1.54, 1.807) is 13.3 Å². The number of imidazole rings is 1. The topological polar surface area (TPSA) is 78.0 Å². The first-order valence-electron chi connectivity index (χ1n) is 4.58. The van der Waals surface area contributed by atoms with Crippen molar-refractivity contribution in [3.63, 3.8) is 0 Å². The van der Waals surface area contributed by atoms with Crippen LogP contribution in [0.2, 0.25) is 0 Å². The van der Waals surface area contributed by atoms with Crippen molar-refractivity contribution in [1.29, 1.82) is 0 Å². The number of aromatic amines is 1. The summed E-state index contributed by atoms with van der Waals surface area (Å²) in [6, 6.07) is 0.143. The zero-order valence-electron chi connectivity index (χ0n) is 8.16. The predicted octanol–water partition coefficient (Wildman–Crippen LogP) is 0.244. The van der Waals surface area contributed by atoms with E-state index in [0.717, 1.165) is 12.1 Å². The van der Waals surface area contributed by atoms with Gasteiger partial charge in [-0.1, -0.05) is 0 Å². The van der Waals surface area contributed by atoms with E-state index in [2.05, 4.69) is 15.3 Å². The third-order valence-electron chi connectivity index (χ3n) is 2.66. The zero-order valence-corrected chi connectivity index (χ0v) is 8.16. The second-order valence-corrected chi connectivity index (χ2v) is 3.91. The molecule has 2 heterocycles. The van der Waals surface area contributed by atoms with Crippen LogP contribution in [0.1, 0.15) is 25.2 Å². The third-order valence-corrected chi connectivity index (χ3v) is 2.66. The number of aromatic nitrogens is 2. The minimum Gasteiger partial charge on any atom is -0.480 e. The largest absolute Gasteiger partial charge is 0.480 e. The Morgan fingerprint density at radius 3 is 3.14 bits per heavy atom. The van der Waals surface area contributed by atoms with E-state index in [4.69, 9.17) is 5.11 Å². The highest BCUT2D eigenvalue weighted by Crippen LogP contribution is 2.27. The molecular weight excluding hydrogens is 182 g/mol. The van der Waals surface area contributed by atoms with E-state index in [0.29, 0.717) is 5.69 Å². The molecule has 14 heavy (non-hydrogen) atoms. The van der Waals surface area contributed by atoms with E-state index in [9.17, 15) is 4.79 Å². The van der Waals surface area contributed by atoms with Gasteiger partial charge < -0.3 is 10.1 Å². The third kappa shape index (κ3) is 1.13. The molecule has 0 spiro atoms. The minimum absolute atomic E-state index is 0.143. The summed E-state index contributed by atoms with van der Waals surface area (Å²) in [6.07, 6.45) is 2.34. The highest BCUT2D eigenvalue weighted by atomic mass is 16.4. The number of nitrogens with zero attached hydrogens (tertiary/aromatic N) is 1. The molecule has 1 aliphatic rings. The molecule has 1 aliphatic heterocycles. The number of H-pyrrole nitrogens is 1. The standard InChI is InChI=1S/C9H13N3O2/c1-5-3-6-7(11-4-10-6)9(2,12-5)8(13)14/h4-5,12H,3H2,1-2H3,(H,10,11)(H,13,14)/t5-,9-/m0/s1. The van der Waals surface area contributed by atoms with Gasteiger partial charge in [-0.2, -0.15) is 0 Å². The fraction of sp³-hybridized carbons (Fsp3) is 0.556. The molecule has 0 aliphatic carbocycles. The lowest BCUT2D eigenvalue weighted by molar-refractivity contribution is -0.145. The van der Waals surface area contributed by atoms with Crippen LogP contribution >= 0.6 is 0 Å². The Hall–Kier alpha value is -1.36. The molecule has 0 aromatic carbocycles. The van der Waals surface area contributed by atoms with Crippen molar-refractivity contribution in [2.24, 2.45) is 0 Å². The first-order valence-corrected chi connectivity index (χ1v) is 4.58. The van der Waals surface area contributed by atoms with Crippen molar-refractivity contribution in [3.05, 3.63) is 17.7 Å². The Kier molecular flexibility index (Phi) is 1.85. The first-order chi connectivity index (χ1) is 6.54. The maximum atomic E-state index is 11.2. The van der Waals surface area contributed by atoms with Gasteiger partial charge >= 0.3 is 5.97 Å². The molecule has 5 nitrogen and oxygen atoms in total. The molecule has 2 rings (SSSR count). The average molecular weight is 195 g/mol. The van der Waals surface area contributed by atoms with Crippen molar-refractivity contribution in [2.45, 2.75) is 31.8 Å². The maximum absolute atomic E-state index is 11.2. The van der Waals surface area contributed by atoms with Crippen molar-refractivity contribution < 1.29 is 9.90 Å². The summed E-state index contributed by atoms with van der Waals surface area (Å²) in [5.74, 6) is -0.891. The molecule has 0 radical (unpaired) electrons. The summed E-state index contributed by atoms with van der Waals surface area (Å²) in [7, 11) is 0. The van der Waals surface area contributed by atoms with Crippen molar-refractivity contribution in [3.8, 4) is 0 Å². The minimum atomic E-state index is -1.06. The number of carboxylic acids is 1. The summed E-state index contributed by atoms with van der Waals surface area (Å²) in [5.41, 5.74) is 0.455. The number of carbonyl (C=O) groups is 1. The van der Waals surface area contributed by atoms with Crippen LogP contribution in [0, 0.1) is 0 Å². The molecule has 0 bridgehead atoms. The first kappa shape index (κ1) is 9.21. The van der Waals surface area contributed by atoms with Gasteiger partial charge in [0.05, 0.1) is 12.0 Å². The van der Waals surface area contributed by atoms with Crippen LogP contribution in [-0.4, -0.2) is 27.1 Å². The SMILES string of the molecule is C[C@H]1Cc2[nH]cnc2[C@@](C)(C(=O)O)N1. The fourth-order valence-corrected chi connectivity index (χ4v) is 1.99. The maximum Gasteiger partial charge on any atom is 0.329 e.